The van der Waals surface area contributed by atoms with Crippen LogP contribution in [-0.4, -0.2) is 21.1 Å². The molecule has 0 aliphatic carbocycles. The van der Waals surface area contributed by atoms with Crippen LogP contribution in [0.25, 0.3) is 5.57 Å². The fraction of sp³-hybridized carbons (Fsp3) is 0.500. The highest BCUT2D eigenvalue weighted by molar-refractivity contribution is 6.03. The van der Waals surface area contributed by atoms with E-state index in [4.69, 9.17) is 0 Å². The van der Waals surface area contributed by atoms with Crippen molar-refractivity contribution in [1.82, 2.24) is 0 Å². The smallest absolute Gasteiger partial charge is 0.170 e. The molecule has 0 fully saturated rings. The Balaban J connectivity index is 3.12. The molecule has 1 rings (SSSR count). The normalized spacial score (nSPS) is 10.9. The number of benzene rings is 1. The first-order chi connectivity index (χ1) is 10.3. The van der Waals surface area contributed by atoms with Gasteiger partial charge in [-0.25, -0.2) is 0 Å². The first-order valence-corrected chi connectivity index (χ1v) is 7.81. The maximum Gasteiger partial charge on any atom is 0.170 e. The van der Waals surface area contributed by atoms with E-state index in [9.17, 15) is 20.1 Å². The predicted octanol–water partition coefficient (Wildman–Crippen LogP) is 4.63. The average molecular weight is 306 g/mol. The van der Waals surface area contributed by atoms with Gasteiger partial charge in [0.15, 0.2) is 5.78 Å². The summed E-state index contributed by atoms with van der Waals surface area (Å²) in [5.74, 6) is -1.36. The molecule has 0 heterocycles. The maximum absolute atomic E-state index is 12.3. The predicted molar refractivity (Wildman–Crippen MR) is 88.4 cm³/mol. The van der Waals surface area contributed by atoms with Crippen LogP contribution in [0.5, 0.6) is 17.2 Å². The van der Waals surface area contributed by atoms with Gasteiger partial charge in [-0.15, -0.1) is 0 Å². The molecular formula is C18H26O4. The van der Waals surface area contributed by atoms with Crippen molar-refractivity contribution < 1.29 is 20.1 Å². The minimum absolute atomic E-state index is 0.00570. The molecule has 0 unspecified atom stereocenters. The van der Waals surface area contributed by atoms with Gasteiger partial charge in [0.2, 0.25) is 0 Å². The van der Waals surface area contributed by atoms with Gasteiger partial charge in [0.1, 0.15) is 22.8 Å². The first-order valence-electron chi connectivity index (χ1n) is 7.81. The Bertz CT molecular complexity index is 559. The lowest BCUT2D eigenvalue weighted by Crippen LogP contribution is -2.03. The second-order valence-corrected chi connectivity index (χ2v) is 5.93. The van der Waals surface area contributed by atoms with Crippen LogP contribution >= 0.6 is 0 Å². The molecular weight excluding hydrogens is 280 g/mol. The number of phenols is 3. The maximum atomic E-state index is 12.3. The Kier molecular flexibility index (Phi) is 6.47. The van der Waals surface area contributed by atoms with Crippen molar-refractivity contribution in [3.8, 4) is 17.2 Å². The Morgan fingerprint density at radius 3 is 2.23 bits per heavy atom. The highest BCUT2D eigenvalue weighted by Crippen LogP contribution is 2.43. The van der Waals surface area contributed by atoms with Crippen molar-refractivity contribution in [3.05, 3.63) is 23.8 Å². The van der Waals surface area contributed by atoms with Crippen molar-refractivity contribution >= 4 is 11.4 Å². The third-order valence-electron chi connectivity index (χ3n) is 3.81. The molecule has 0 amide bonds. The summed E-state index contributed by atoms with van der Waals surface area (Å²) in [7, 11) is 0. The number of ketones is 1. The molecule has 0 atom stereocenters. The molecule has 0 bridgehead atoms. The van der Waals surface area contributed by atoms with Gasteiger partial charge >= 0.3 is 0 Å². The van der Waals surface area contributed by atoms with Gasteiger partial charge in [-0.05, 0) is 17.9 Å². The van der Waals surface area contributed by atoms with Gasteiger partial charge in [0, 0.05) is 12.5 Å². The summed E-state index contributed by atoms with van der Waals surface area (Å²) in [4.78, 5) is 12.3. The Morgan fingerprint density at radius 2 is 1.68 bits per heavy atom. The third kappa shape index (κ3) is 4.03. The van der Waals surface area contributed by atoms with E-state index in [0.29, 0.717) is 12.0 Å². The molecule has 122 valence electrons. The number of rotatable bonds is 8. The number of hydrogen-bond donors (Lipinski definition) is 3. The molecule has 4 heteroatoms. The van der Waals surface area contributed by atoms with Crippen LogP contribution in [0, 0.1) is 5.92 Å². The lowest BCUT2D eigenvalue weighted by atomic mass is 9.91. The molecule has 0 radical (unpaired) electrons. The van der Waals surface area contributed by atoms with Crippen LogP contribution in [0.1, 0.15) is 68.8 Å². The summed E-state index contributed by atoms with van der Waals surface area (Å²) < 4.78 is 0. The number of unbranched alkanes of at least 4 members (excludes halogenated alkanes) is 3. The summed E-state index contributed by atoms with van der Waals surface area (Å²) in [5, 5.41) is 30.2. The van der Waals surface area contributed by atoms with E-state index in [-0.39, 0.29) is 40.7 Å². The van der Waals surface area contributed by atoms with Crippen molar-refractivity contribution in [1.29, 1.82) is 0 Å². The lowest BCUT2D eigenvalue weighted by molar-refractivity contribution is 0.0973. The van der Waals surface area contributed by atoms with Gasteiger partial charge in [-0.1, -0.05) is 46.6 Å². The monoisotopic (exact) mass is 306 g/mol. The van der Waals surface area contributed by atoms with Gasteiger partial charge < -0.3 is 15.3 Å². The third-order valence-corrected chi connectivity index (χ3v) is 3.81. The number of Topliss-reactive ketones (excluding diaryl/α,β-unsaturated/α-hetero) is 1. The van der Waals surface area contributed by atoms with Gasteiger partial charge in [0.25, 0.3) is 0 Å². The van der Waals surface area contributed by atoms with Crippen LogP contribution in [0.15, 0.2) is 12.6 Å². The van der Waals surface area contributed by atoms with Crippen molar-refractivity contribution in [3.63, 3.8) is 0 Å². The number of phenolic OH excluding ortho intramolecular Hbond substituents is 3. The quantitative estimate of drug-likeness (QED) is 0.483. The fourth-order valence-electron chi connectivity index (χ4n) is 2.36. The molecule has 22 heavy (non-hydrogen) atoms. The second-order valence-electron chi connectivity index (χ2n) is 5.93. The minimum atomic E-state index is -0.393. The molecule has 1 aromatic rings. The number of aromatic hydroxyl groups is 3. The van der Waals surface area contributed by atoms with E-state index in [2.05, 4.69) is 13.5 Å². The standard InChI is InChI=1S/C18H26O4/c1-5-6-7-8-9-13(19)17-15(21)10-14(20)16(18(17)22)12(4)11(2)3/h10-11,20-22H,4-9H2,1-3H3. The molecule has 0 aliphatic rings. The van der Waals surface area contributed by atoms with Crippen LogP contribution in [-0.2, 0) is 0 Å². The van der Waals surface area contributed by atoms with Gasteiger partial charge in [0.05, 0.1) is 5.56 Å². The zero-order valence-corrected chi connectivity index (χ0v) is 13.6. The number of hydrogen-bond acceptors (Lipinski definition) is 4. The van der Waals surface area contributed by atoms with Crippen LogP contribution < -0.4 is 0 Å². The van der Waals surface area contributed by atoms with Crippen molar-refractivity contribution in [2.24, 2.45) is 5.92 Å². The molecule has 0 aliphatic heterocycles. The molecule has 1 aromatic carbocycles. The summed E-state index contributed by atoms with van der Waals surface area (Å²) in [6, 6.07) is 1.10. The lowest BCUT2D eigenvalue weighted by Gasteiger charge is -2.17. The van der Waals surface area contributed by atoms with E-state index in [0.717, 1.165) is 25.3 Å². The number of carbonyl (C=O) groups is 1. The molecule has 3 N–H and O–H groups in total. The van der Waals surface area contributed by atoms with E-state index >= 15 is 0 Å². The van der Waals surface area contributed by atoms with Crippen LogP contribution in [0.2, 0.25) is 0 Å². The van der Waals surface area contributed by atoms with E-state index < -0.39 is 5.75 Å². The summed E-state index contributed by atoms with van der Waals surface area (Å²) in [6.07, 6.45) is 4.04. The summed E-state index contributed by atoms with van der Waals surface area (Å²) >= 11 is 0. The Morgan fingerprint density at radius 1 is 1.09 bits per heavy atom. The van der Waals surface area contributed by atoms with Crippen LogP contribution in [0.3, 0.4) is 0 Å². The highest BCUT2D eigenvalue weighted by atomic mass is 16.3. The molecule has 0 spiro atoms. The van der Waals surface area contributed by atoms with Gasteiger partial charge in [-0.2, -0.15) is 0 Å². The SMILES string of the molecule is C=C(c1c(O)cc(O)c(C(=O)CCCCCC)c1O)C(C)C. The average Bonchev–Trinajstić information content (AvgIpc) is 2.42. The van der Waals surface area contributed by atoms with E-state index in [1.54, 1.807) is 0 Å². The largest absolute Gasteiger partial charge is 0.507 e. The van der Waals surface area contributed by atoms with Gasteiger partial charge in [-0.3, -0.25) is 4.79 Å². The number of allylic oxidation sites excluding steroid dienone is 1. The van der Waals surface area contributed by atoms with Crippen molar-refractivity contribution in [2.75, 3.05) is 0 Å². The molecule has 4 nitrogen and oxygen atoms in total. The van der Waals surface area contributed by atoms with E-state index in [1.807, 2.05) is 13.8 Å². The highest BCUT2D eigenvalue weighted by Gasteiger charge is 2.24. The topological polar surface area (TPSA) is 77.8 Å². The zero-order valence-electron chi connectivity index (χ0n) is 13.6. The molecule has 0 aromatic heterocycles. The molecule has 0 saturated heterocycles. The minimum Gasteiger partial charge on any atom is -0.507 e. The van der Waals surface area contributed by atoms with Crippen molar-refractivity contribution in [2.45, 2.75) is 52.9 Å². The first kappa shape index (κ1) is 18.1. The summed E-state index contributed by atoms with van der Waals surface area (Å²) in [6.45, 7) is 9.69. The zero-order chi connectivity index (χ0) is 16.9. The fourth-order valence-corrected chi connectivity index (χ4v) is 2.36. The summed E-state index contributed by atoms with van der Waals surface area (Å²) in [5.41, 5.74) is 0.547. The number of carbonyl (C=O) groups excluding carboxylic acids is 1. The van der Waals surface area contributed by atoms with Crippen LogP contribution in [0.4, 0.5) is 0 Å². The molecule has 0 saturated carbocycles. The second kappa shape index (κ2) is 7.87. The Labute approximate surface area is 132 Å². The Hall–Kier alpha value is -1.97. The van der Waals surface area contributed by atoms with E-state index in [1.165, 1.54) is 0 Å².